The van der Waals surface area contributed by atoms with Gasteiger partial charge in [-0.3, -0.25) is 4.79 Å². The standard InChI is InChI=1S/C23H23NO2/c25-22(15-18-7-3-1-4-8-18)17-24-23(26)16-19-11-13-21(14-12-19)20-9-5-2-6-10-20/h1-14,22,25H,15-17H2,(H,24,26)/t22-/m0/s1. The molecule has 0 saturated heterocycles. The fourth-order valence-electron chi connectivity index (χ4n) is 2.88. The van der Waals surface area contributed by atoms with Gasteiger partial charge in [-0.25, -0.2) is 0 Å². The monoisotopic (exact) mass is 345 g/mol. The molecule has 0 aliphatic heterocycles. The largest absolute Gasteiger partial charge is 0.391 e. The van der Waals surface area contributed by atoms with Crippen LogP contribution < -0.4 is 5.32 Å². The Kier molecular flexibility index (Phi) is 6.18. The van der Waals surface area contributed by atoms with E-state index in [1.165, 1.54) is 0 Å². The number of rotatable bonds is 7. The molecule has 0 saturated carbocycles. The Morgan fingerprint density at radius 2 is 1.35 bits per heavy atom. The Labute approximate surface area is 154 Å². The average molecular weight is 345 g/mol. The molecule has 1 amide bonds. The minimum absolute atomic E-state index is 0.0791. The molecule has 3 rings (SSSR count). The van der Waals surface area contributed by atoms with Crippen molar-refractivity contribution in [2.24, 2.45) is 0 Å². The topological polar surface area (TPSA) is 49.3 Å². The summed E-state index contributed by atoms with van der Waals surface area (Å²) in [7, 11) is 0. The van der Waals surface area contributed by atoms with Gasteiger partial charge in [0, 0.05) is 13.0 Å². The molecule has 0 aliphatic rings. The molecule has 3 heteroatoms. The third-order valence-electron chi connectivity index (χ3n) is 4.27. The third-order valence-corrected chi connectivity index (χ3v) is 4.27. The highest BCUT2D eigenvalue weighted by Crippen LogP contribution is 2.19. The molecule has 26 heavy (non-hydrogen) atoms. The lowest BCUT2D eigenvalue weighted by atomic mass is 10.0. The van der Waals surface area contributed by atoms with Crippen LogP contribution in [-0.4, -0.2) is 23.7 Å². The van der Waals surface area contributed by atoms with Gasteiger partial charge in [-0.05, 0) is 22.3 Å². The molecule has 1 atom stereocenters. The number of hydrogen-bond donors (Lipinski definition) is 2. The molecule has 0 aliphatic carbocycles. The molecular formula is C23H23NO2. The van der Waals surface area contributed by atoms with Gasteiger partial charge < -0.3 is 10.4 Å². The second-order valence-corrected chi connectivity index (χ2v) is 6.39. The van der Waals surface area contributed by atoms with Crippen LogP contribution in [-0.2, 0) is 17.6 Å². The maximum absolute atomic E-state index is 12.1. The molecular weight excluding hydrogens is 322 g/mol. The van der Waals surface area contributed by atoms with Crippen LogP contribution in [0.3, 0.4) is 0 Å². The van der Waals surface area contributed by atoms with Crippen molar-refractivity contribution in [1.29, 1.82) is 0 Å². The molecule has 132 valence electrons. The molecule has 3 nitrogen and oxygen atoms in total. The number of nitrogens with one attached hydrogen (secondary N) is 1. The van der Waals surface area contributed by atoms with Crippen LogP contribution in [0.2, 0.25) is 0 Å². The van der Waals surface area contributed by atoms with Gasteiger partial charge in [-0.2, -0.15) is 0 Å². The SMILES string of the molecule is O=C(Cc1ccc(-c2ccccc2)cc1)NC[C@@H](O)Cc1ccccc1. The van der Waals surface area contributed by atoms with Gasteiger partial charge in [0.25, 0.3) is 0 Å². The normalized spacial score (nSPS) is 11.7. The number of aliphatic hydroxyl groups is 1. The lowest BCUT2D eigenvalue weighted by Gasteiger charge is -2.12. The van der Waals surface area contributed by atoms with Crippen LogP contribution in [0.15, 0.2) is 84.9 Å². The summed E-state index contributed by atoms with van der Waals surface area (Å²) in [5.41, 5.74) is 4.31. The number of carbonyl (C=O) groups is 1. The Hall–Kier alpha value is -2.91. The summed E-state index contributed by atoms with van der Waals surface area (Å²) in [5.74, 6) is -0.0791. The fraction of sp³-hybridized carbons (Fsp3) is 0.174. The van der Waals surface area contributed by atoms with E-state index in [9.17, 15) is 9.90 Å². The van der Waals surface area contributed by atoms with E-state index in [0.717, 1.165) is 22.3 Å². The van der Waals surface area contributed by atoms with Crippen molar-refractivity contribution in [1.82, 2.24) is 5.32 Å². The Bertz CT molecular complexity index is 814. The number of aliphatic hydroxyl groups excluding tert-OH is 1. The van der Waals surface area contributed by atoms with Gasteiger partial charge >= 0.3 is 0 Å². The molecule has 3 aromatic rings. The van der Waals surface area contributed by atoms with E-state index in [4.69, 9.17) is 0 Å². The predicted octanol–water partition coefficient (Wildman–Crippen LogP) is 3.62. The van der Waals surface area contributed by atoms with Crippen LogP contribution in [0, 0.1) is 0 Å². The molecule has 0 fully saturated rings. The van der Waals surface area contributed by atoms with Gasteiger partial charge in [0.15, 0.2) is 0 Å². The highest BCUT2D eigenvalue weighted by molar-refractivity contribution is 5.78. The Morgan fingerprint density at radius 1 is 0.769 bits per heavy atom. The molecule has 2 N–H and O–H groups in total. The molecule has 0 unspecified atom stereocenters. The minimum Gasteiger partial charge on any atom is -0.391 e. The first-order valence-electron chi connectivity index (χ1n) is 8.84. The summed E-state index contributed by atoms with van der Waals surface area (Å²) < 4.78 is 0. The summed E-state index contributed by atoms with van der Waals surface area (Å²) in [4.78, 5) is 12.1. The minimum atomic E-state index is -0.582. The van der Waals surface area contributed by atoms with Gasteiger partial charge in [-0.1, -0.05) is 84.9 Å². The van der Waals surface area contributed by atoms with Gasteiger partial charge in [0.1, 0.15) is 0 Å². The van der Waals surface area contributed by atoms with Gasteiger partial charge in [0.2, 0.25) is 5.91 Å². The first-order chi connectivity index (χ1) is 12.7. The first-order valence-corrected chi connectivity index (χ1v) is 8.84. The molecule has 0 aromatic heterocycles. The maximum Gasteiger partial charge on any atom is 0.224 e. The van der Waals surface area contributed by atoms with E-state index in [-0.39, 0.29) is 12.5 Å². The molecule has 0 spiro atoms. The van der Waals surface area contributed by atoms with Crippen molar-refractivity contribution in [2.45, 2.75) is 18.9 Å². The number of amides is 1. The van der Waals surface area contributed by atoms with E-state index >= 15 is 0 Å². The van der Waals surface area contributed by atoms with Crippen LogP contribution in [0.1, 0.15) is 11.1 Å². The van der Waals surface area contributed by atoms with Crippen molar-refractivity contribution >= 4 is 5.91 Å². The second kappa shape index (κ2) is 8.97. The molecule has 0 radical (unpaired) electrons. The maximum atomic E-state index is 12.1. The van der Waals surface area contributed by atoms with Crippen LogP contribution in [0.5, 0.6) is 0 Å². The number of benzene rings is 3. The number of carbonyl (C=O) groups excluding carboxylic acids is 1. The Balaban J connectivity index is 1.47. The van der Waals surface area contributed by atoms with Gasteiger partial charge in [0.05, 0.1) is 12.5 Å². The smallest absolute Gasteiger partial charge is 0.224 e. The van der Waals surface area contributed by atoms with Crippen LogP contribution >= 0.6 is 0 Å². The molecule has 3 aromatic carbocycles. The zero-order chi connectivity index (χ0) is 18.2. The van der Waals surface area contributed by atoms with E-state index in [1.54, 1.807) is 0 Å². The number of hydrogen-bond acceptors (Lipinski definition) is 2. The van der Waals surface area contributed by atoms with E-state index in [1.807, 2.05) is 72.8 Å². The Morgan fingerprint density at radius 3 is 2.00 bits per heavy atom. The van der Waals surface area contributed by atoms with Crippen molar-refractivity contribution in [2.75, 3.05) is 6.54 Å². The van der Waals surface area contributed by atoms with Gasteiger partial charge in [-0.15, -0.1) is 0 Å². The first kappa shape index (κ1) is 17.9. The lowest BCUT2D eigenvalue weighted by Crippen LogP contribution is -2.34. The highest BCUT2D eigenvalue weighted by atomic mass is 16.3. The summed E-state index contributed by atoms with van der Waals surface area (Å²) >= 11 is 0. The van der Waals surface area contributed by atoms with E-state index < -0.39 is 6.10 Å². The summed E-state index contributed by atoms with van der Waals surface area (Å²) in [6, 6.07) is 27.9. The van der Waals surface area contributed by atoms with Crippen LogP contribution in [0.4, 0.5) is 0 Å². The average Bonchev–Trinajstić information content (AvgIpc) is 2.68. The van der Waals surface area contributed by atoms with Crippen LogP contribution in [0.25, 0.3) is 11.1 Å². The van der Waals surface area contributed by atoms with E-state index in [0.29, 0.717) is 12.8 Å². The van der Waals surface area contributed by atoms with Crippen molar-refractivity contribution in [3.05, 3.63) is 96.1 Å². The van der Waals surface area contributed by atoms with E-state index in [2.05, 4.69) is 17.4 Å². The molecule has 0 bridgehead atoms. The van der Waals surface area contributed by atoms with Crippen molar-refractivity contribution in [3.8, 4) is 11.1 Å². The van der Waals surface area contributed by atoms with Crippen molar-refractivity contribution < 1.29 is 9.90 Å². The third kappa shape index (κ3) is 5.30. The quantitative estimate of drug-likeness (QED) is 0.687. The fourth-order valence-corrected chi connectivity index (χ4v) is 2.88. The lowest BCUT2D eigenvalue weighted by molar-refractivity contribution is -0.120. The second-order valence-electron chi connectivity index (χ2n) is 6.39. The predicted molar refractivity (Wildman–Crippen MR) is 105 cm³/mol. The van der Waals surface area contributed by atoms with Crippen molar-refractivity contribution in [3.63, 3.8) is 0 Å². The zero-order valence-corrected chi connectivity index (χ0v) is 14.6. The molecule has 0 heterocycles. The highest BCUT2D eigenvalue weighted by Gasteiger charge is 2.09. The summed E-state index contributed by atoms with van der Waals surface area (Å²) in [6.45, 7) is 0.260. The summed E-state index contributed by atoms with van der Waals surface area (Å²) in [6.07, 6.45) is 0.266. The summed E-state index contributed by atoms with van der Waals surface area (Å²) in [5, 5.41) is 12.9. The zero-order valence-electron chi connectivity index (χ0n) is 14.6.